The van der Waals surface area contributed by atoms with E-state index in [4.69, 9.17) is 5.90 Å². The van der Waals surface area contributed by atoms with Gasteiger partial charge in [0, 0.05) is 12.0 Å². The molecule has 3 aromatic rings. The van der Waals surface area contributed by atoms with Crippen molar-refractivity contribution in [3.05, 3.63) is 88.5 Å². The maximum absolute atomic E-state index is 13.5. The van der Waals surface area contributed by atoms with Crippen molar-refractivity contribution in [2.24, 2.45) is 5.90 Å². The van der Waals surface area contributed by atoms with Gasteiger partial charge in [-0.2, -0.15) is 5.90 Å². The molecule has 1 atom stereocenters. The molecule has 0 aliphatic heterocycles. The van der Waals surface area contributed by atoms with E-state index in [-0.39, 0.29) is 11.3 Å². The Balaban J connectivity index is 1.96. The highest BCUT2D eigenvalue weighted by Gasteiger charge is 2.37. The Bertz CT molecular complexity index is 1240. The summed E-state index contributed by atoms with van der Waals surface area (Å²) in [5, 5.41) is -1.48. The predicted molar refractivity (Wildman–Crippen MR) is 123 cm³/mol. The molecule has 3 rings (SSSR count). The molecule has 7 heteroatoms. The van der Waals surface area contributed by atoms with Crippen molar-refractivity contribution in [1.82, 2.24) is 0 Å². The van der Waals surface area contributed by atoms with Crippen LogP contribution in [0.4, 0.5) is 0 Å². The van der Waals surface area contributed by atoms with Crippen LogP contribution in [0.2, 0.25) is 0 Å². The number of sulfone groups is 1. The minimum atomic E-state index is -4.05. The summed E-state index contributed by atoms with van der Waals surface area (Å²) < 4.78 is 26.9. The van der Waals surface area contributed by atoms with E-state index in [1.165, 1.54) is 0 Å². The lowest BCUT2D eigenvalue weighted by atomic mass is 10.0. The van der Waals surface area contributed by atoms with Gasteiger partial charge in [-0.25, -0.2) is 13.2 Å². The first kappa shape index (κ1) is 23.4. The fraction of sp³-hybridized carbons (Fsp3) is 0.200. The van der Waals surface area contributed by atoms with E-state index in [0.717, 1.165) is 23.0 Å². The van der Waals surface area contributed by atoms with Crippen molar-refractivity contribution in [1.29, 1.82) is 0 Å². The molecule has 0 aromatic heterocycles. The molecular weight excluding hydrogens is 426 g/mol. The van der Waals surface area contributed by atoms with Gasteiger partial charge in [0.2, 0.25) is 0 Å². The quantitative estimate of drug-likeness (QED) is 0.432. The van der Waals surface area contributed by atoms with Gasteiger partial charge >= 0.3 is 5.97 Å². The lowest BCUT2D eigenvalue weighted by molar-refractivity contribution is -0.143. The highest BCUT2D eigenvalue weighted by atomic mass is 32.2. The van der Waals surface area contributed by atoms with Crippen LogP contribution in [0.1, 0.15) is 32.6 Å². The lowest BCUT2D eigenvalue weighted by Crippen LogP contribution is -2.36. The molecule has 0 amide bonds. The fourth-order valence-corrected chi connectivity index (χ4v) is 6.01. The molecule has 2 N–H and O–H groups in total. The number of hydrogen-bond acceptors (Lipinski definition) is 6. The van der Waals surface area contributed by atoms with Gasteiger partial charge in [-0.05, 0) is 54.7 Å². The summed E-state index contributed by atoms with van der Waals surface area (Å²) in [4.78, 5) is 27.9. The molecule has 0 fully saturated rings. The van der Waals surface area contributed by atoms with E-state index in [9.17, 15) is 18.0 Å². The third-order valence-corrected chi connectivity index (χ3v) is 7.70. The molecule has 0 heterocycles. The highest BCUT2D eigenvalue weighted by molar-refractivity contribution is 7.93. The molecule has 6 nitrogen and oxygen atoms in total. The first-order valence-corrected chi connectivity index (χ1v) is 11.6. The molecule has 0 aliphatic carbocycles. The largest absolute Gasteiger partial charge is 0.372 e. The van der Waals surface area contributed by atoms with Crippen LogP contribution in [0.3, 0.4) is 0 Å². The number of aldehydes is 1. The first-order chi connectivity index (χ1) is 15.2. The Morgan fingerprint density at radius 2 is 1.59 bits per heavy atom. The van der Waals surface area contributed by atoms with Gasteiger partial charge in [-0.15, -0.1) is 0 Å². The number of carbonyl (C=O) groups is 2. The summed E-state index contributed by atoms with van der Waals surface area (Å²) in [6.45, 7) is 5.30. The molecule has 0 saturated carbocycles. The molecule has 166 valence electrons. The summed E-state index contributed by atoms with van der Waals surface area (Å²) in [5.74, 6) is 4.08. The van der Waals surface area contributed by atoms with Crippen LogP contribution in [-0.2, 0) is 25.9 Å². The monoisotopic (exact) mass is 451 g/mol. The molecule has 0 saturated heterocycles. The van der Waals surface area contributed by atoms with Crippen molar-refractivity contribution in [2.45, 2.75) is 37.3 Å². The Morgan fingerprint density at radius 3 is 2.16 bits per heavy atom. The summed E-state index contributed by atoms with van der Waals surface area (Å²) in [6, 6.07) is 17.8. The summed E-state index contributed by atoms with van der Waals surface area (Å²) in [7, 11) is -4.05. The third kappa shape index (κ3) is 4.79. The number of nitrogens with two attached hydrogens (primary N) is 1. The van der Waals surface area contributed by atoms with Gasteiger partial charge in [0.05, 0.1) is 4.90 Å². The van der Waals surface area contributed by atoms with E-state index < -0.39 is 21.1 Å². The normalized spacial score (nSPS) is 12.2. The Kier molecular flexibility index (Phi) is 6.91. The van der Waals surface area contributed by atoms with Crippen LogP contribution in [0, 0.1) is 20.8 Å². The highest BCUT2D eigenvalue weighted by Crippen LogP contribution is 2.28. The third-order valence-electron chi connectivity index (χ3n) is 5.37. The molecular formula is C25H25NO5S. The molecule has 0 radical (unpaired) electrons. The number of hydrogen-bond donors (Lipinski definition) is 1. The van der Waals surface area contributed by atoms with Crippen molar-refractivity contribution < 1.29 is 22.8 Å². The maximum atomic E-state index is 13.5. The second kappa shape index (κ2) is 9.46. The van der Waals surface area contributed by atoms with Crippen LogP contribution in [-0.4, -0.2) is 25.9 Å². The van der Waals surface area contributed by atoms with Gasteiger partial charge < -0.3 is 4.84 Å². The Labute approximate surface area is 187 Å². The predicted octanol–water partition coefficient (Wildman–Crippen LogP) is 3.89. The zero-order valence-corrected chi connectivity index (χ0v) is 19.0. The van der Waals surface area contributed by atoms with E-state index in [0.29, 0.717) is 22.3 Å². The average Bonchev–Trinajstić information content (AvgIpc) is 2.76. The van der Waals surface area contributed by atoms with Crippen molar-refractivity contribution >= 4 is 22.1 Å². The smallest absolute Gasteiger partial charge is 0.343 e. The number of aryl methyl sites for hydroxylation is 3. The zero-order valence-electron chi connectivity index (χ0n) is 18.2. The lowest BCUT2D eigenvalue weighted by Gasteiger charge is -2.19. The fourth-order valence-electron chi connectivity index (χ4n) is 3.99. The number of benzene rings is 3. The summed E-state index contributed by atoms with van der Waals surface area (Å²) in [6.07, 6.45) is 0.695. The molecule has 0 unspecified atom stereocenters. The molecule has 0 aliphatic rings. The minimum Gasteiger partial charge on any atom is -0.372 e. The molecule has 3 aromatic carbocycles. The first-order valence-electron chi connectivity index (χ1n) is 10.0. The van der Waals surface area contributed by atoms with E-state index in [1.807, 2.05) is 25.1 Å². The number of carbonyl (C=O) groups excluding carboxylic acids is 2. The topological polar surface area (TPSA) is 104 Å². The maximum Gasteiger partial charge on any atom is 0.343 e. The van der Waals surface area contributed by atoms with Gasteiger partial charge in [0.15, 0.2) is 15.1 Å². The Morgan fingerprint density at radius 1 is 0.969 bits per heavy atom. The minimum absolute atomic E-state index is 0.0836. The van der Waals surface area contributed by atoms with Gasteiger partial charge in [0.1, 0.15) is 6.29 Å². The van der Waals surface area contributed by atoms with Gasteiger partial charge in [-0.3, -0.25) is 4.79 Å². The van der Waals surface area contributed by atoms with Crippen LogP contribution in [0.15, 0.2) is 65.6 Å². The van der Waals surface area contributed by atoms with Crippen LogP contribution >= 0.6 is 0 Å². The van der Waals surface area contributed by atoms with E-state index >= 15 is 0 Å². The number of rotatable bonds is 7. The summed E-state index contributed by atoms with van der Waals surface area (Å²) in [5.41, 5.74) is 5.01. The van der Waals surface area contributed by atoms with Crippen molar-refractivity contribution in [2.75, 3.05) is 0 Å². The average molecular weight is 452 g/mol. The molecule has 0 bridgehead atoms. The van der Waals surface area contributed by atoms with Crippen LogP contribution in [0.5, 0.6) is 0 Å². The standard InChI is InChI=1S/C25H25NO5S/c1-16-11-17(2)24(18(3)12-16)32(29,30)23(25(28)31-26)14-19-7-9-21(10-8-19)22-6-4-5-20(13-22)15-27/h4-13,15,23H,14,26H2,1-3H3/t23-/m0/s1. The summed E-state index contributed by atoms with van der Waals surface area (Å²) >= 11 is 0. The van der Waals surface area contributed by atoms with Crippen molar-refractivity contribution in [3.8, 4) is 11.1 Å². The van der Waals surface area contributed by atoms with Crippen LogP contribution in [0.25, 0.3) is 11.1 Å². The van der Waals surface area contributed by atoms with Gasteiger partial charge in [-0.1, -0.05) is 60.2 Å². The SMILES string of the molecule is Cc1cc(C)c(S(=O)(=O)[C@@H](Cc2ccc(-c3cccc(C=O)c3)cc2)C(=O)ON)c(C)c1. The second-order valence-corrected chi connectivity index (χ2v) is 9.91. The molecule has 32 heavy (non-hydrogen) atoms. The Hall–Kier alpha value is -3.29. The second-order valence-electron chi connectivity index (χ2n) is 7.84. The van der Waals surface area contributed by atoms with Gasteiger partial charge in [0.25, 0.3) is 0 Å². The van der Waals surface area contributed by atoms with Crippen molar-refractivity contribution in [3.63, 3.8) is 0 Å². The van der Waals surface area contributed by atoms with E-state index in [1.54, 1.807) is 56.3 Å². The van der Waals surface area contributed by atoms with E-state index in [2.05, 4.69) is 4.84 Å². The zero-order chi connectivity index (χ0) is 23.5. The molecule has 0 spiro atoms. The van der Waals surface area contributed by atoms with Crippen LogP contribution < -0.4 is 5.90 Å².